The van der Waals surface area contributed by atoms with Crippen molar-refractivity contribution < 1.29 is 9.53 Å². The van der Waals surface area contributed by atoms with Gasteiger partial charge in [0.15, 0.2) is 0 Å². The third-order valence-corrected chi connectivity index (χ3v) is 4.40. The highest BCUT2D eigenvalue weighted by molar-refractivity contribution is 7.18. The van der Waals surface area contributed by atoms with E-state index in [2.05, 4.69) is 23.0 Å². The Morgan fingerprint density at radius 1 is 1.38 bits per heavy atom. The first-order valence-corrected chi connectivity index (χ1v) is 8.04. The molecule has 5 nitrogen and oxygen atoms in total. The van der Waals surface area contributed by atoms with Crippen LogP contribution in [0.5, 0.6) is 0 Å². The Kier molecular flexibility index (Phi) is 5.12. The van der Waals surface area contributed by atoms with Gasteiger partial charge in [0, 0.05) is 10.9 Å². The van der Waals surface area contributed by atoms with E-state index in [1.165, 1.54) is 4.88 Å². The van der Waals surface area contributed by atoms with Crippen LogP contribution in [0.2, 0.25) is 0 Å². The second-order valence-corrected chi connectivity index (χ2v) is 6.12. The van der Waals surface area contributed by atoms with Crippen molar-refractivity contribution in [2.75, 3.05) is 18.1 Å². The number of carbonyl (C=O) groups excluding carboxylic acids is 1. The summed E-state index contributed by atoms with van der Waals surface area (Å²) in [6, 6.07) is 2.27. The monoisotopic (exact) mass is 307 g/mol. The summed E-state index contributed by atoms with van der Waals surface area (Å²) in [4.78, 5) is 24.8. The summed E-state index contributed by atoms with van der Waals surface area (Å²) in [5, 5.41) is 1.01. The molecule has 21 heavy (non-hydrogen) atoms. The van der Waals surface area contributed by atoms with E-state index in [4.69, 9.17) is 4.74 Å². The van der Waals surface area contributed by atoms with Crippen molar-refractivity contribution in [2.45, 2.75) is 40.2 Å². The lowest BCUT2D eigenvalue weighted by Gasteiger charge is -2.27. The number of carbonyl (C=O) groups is 1. The molecule has 0 N–H and O–H groups in total. The molecule has 2 rings (SSSR count). The zero-order chi connectivity index (χ0) is 15.4. The number of hydrogen-bond donors (Lipinski definition) is 0. The lowest BCUT2D eigenvalue weighted by molar-refractivity contribution is -0.141. The van der Waals surface area contributed by atoms with Gasteiger partial charge in [-0.2, -0.15) is 0 Å². The third-order valence-electron chi connectivity index (χ3n) is 3.21. The molecular formula is C15H21N3O2S. The number of fused-ring (bicyclic) bond motifs is 1. The summed E-state index contributed by atoms with van der Waals surface area (Å²) in [5.41, 5.74) is 0. The lowest BCUT2D eigenvalue weighted by atomic mass is 10.2. The molecule has 2 aromatic rings. The second kappa shape index (κ2) is 6.85. The third kappa shape index (κ3) is 3.50. The molecule has 0 spiro atoms. The highest BCUT2D eigenvalue weighted by Crippen LogP contribution is 2.31. The van der Waals surface area contributed by atoms with E-state index in [9.17, 15) is 4.79 Å². The van der Waals surface area contributed by atoms with Gasteiger partial charge in [0.05, 0.1) is 12.0 Å². The molecule has 0 atom stereocenters. The molecule has 0 unspecified atom stereocenters. The van der Waals surface area contributed by atoms with Crippen molar-refractivity contribution in [3.8, 4) is 0 Å². The topological polar surface area (TPSA) is 55.3 Å². The van der Waals surface area contributed by atoms with Crippen LogP contribution < -0.4 is 4.90 Å². The van der Waals surface area contributed by atoms with Crippen LogP contribution in [0.1, 0.15) is 32.6 Å². The van der Waals surface area contributed by atoms with Crippen molar-refractivity contribution in [1.29, 1.82) is 0 Å². The summed E-state index contributed by atoms with van der Waals surface area (Å²) in [6.45, 7) is 8.61. The van der Waals surface area contributed by atoms with Gasteiger partial charge in [0.2, 0.25) is 0 Å². The van der Waals surface area contributed by atoms with Crippen molar-refractivity contribution in [1.82, 2.24) is 9.97 Å². The fourth-order valence-electron chi connectivity index (χ4n) is 2.14. The Morgan fingerprint density at radius 2 is 2.14 bits per heavy atom. The maximum absolute atomic E-state index is 11.8. The molecule has 114 valence electrons. The summed E-state index contributed by atoms with van der Waals surface area (Å²) in [5.74, 6) is 0.572. The normalized spacial score (nSPS) is 11.1. The quantitative estimate of drug-likeness (QED) is 0.768. The summed E-state index contributed by atoms with van der Waals surface area (Å²) in [6.07, 6.45) is 2.54. The lowest BCUT2D eigenvalue weighted by Crippen LogP contribution is -2.37. The maximum Gasteiger partial charge on any atom is 0.325 e. The van der Waals surface area contributed by atoms with E-state index < -0.39 is 0 Å². The van der Waals surface area contributed by atoms with Crippen molar-refractivity contribution in [3.05, 3.63) is 17.3 Å². The van der Waals surface area contributed by atoms with E-state index in [0.717, 1.165) is 22.5 Å². The smallest absolute Gasteiger partial charge is 0.325 e. The molecule has 0 amide bonds. The van der Waals surface area contributed by atoms with Gasteiger partial charge in [-0.05, 0) is 33.3 Å². The minimum absolute atomic E-state index is 0.150. The van der Waals surface area contributed by atoms with Gasteiger partial charge in [-0.25, -0.2) is 9.97 Å². The maximum atomic E-state index is 11.8. The number of nitrogens with zero attached hydrogens (tertiary/aromatic N) is 3. The van der Waals surface area contributed by atoms with Crippen LogP contribution in [-0.4, -0.2) is 35.1 Å². The van der Waals surface area contributed by atoms with Gasteiger partial charge in [-0.3, -0.25) is 4.79 Å². The average molecular weight is 307 g/mol. The Hall–Kier alpha value is -1.69. The minimum atomic E-state index is -0.232. The van der Waals surface area contributed by atoms with Crippen LogP contribution in [0, 0.1) is 0 Å². The molecule has 0 aliphatic carbocycles. The molecule has 6 heteroatoms. The average Bonchev–Trinajstić information content (AvgIpc) is 2.88. The summed E-state index contributed by atoms with van der Waals surface area (Å²) in [7, 11) is 0. The van der Waals surface area contributed by atoms with Crippen LogP contribution in [0.25, 0.3) is 10.2 Å². The Labute approximate surface area is 129 Å². The van der Waals surface area contributed by atoms with Gasteiger partial charge in [-0.15, -0.1) is 11.3 Å². The Bertz CT molecular complexity index is 624. The van der Waals surface area contributed by atoms with E-state index in [-0.39, 0.29) is 18.6 Å². The number of rotatable bonds is 6. The van der Waals surface area contributed by atoms with Gasteiger partial charge < -0.3 is 9.64 Å². The number of aryl methyl sites for hydroxylation is 1. The van der Waals surface area contributed by atoms with Crippen molar-refractivity contribution in [3.63, 3.8) is 0 Å². The number of anilines is 1. The highest BCUT2D eigenvalue weighted by Gasteiger charge is 2.20. The SMILES string of the molecule is CCOC(=O)CN(c1ncnc2sc(CC)cc12)C(C)C. The van der Waals surface area contributed by atoms with E-state index in [0.29, 0.717) is 6.61 Å². The molecular weight excluding hydrogens is 286 g/mol. The molecule has 0 fully saturated rings. The first-order valence-electron chi connectivity index (χ1n) is 7.22. The Balaban J connectivity index is 2.40. The molecule has 2 heterocycles. The number of ether oxygens (including phenoxy) is 1. The molecule has 0 aliphatic rings. The van der Waals surface area contributed by atoms with Crippen LogP contribution in [0.15, 0.2) is 12.4 Å². The van der Waals surface area contributed by atoms with E-state index in [1.54, 1.807) is 17.7 Å². The molecule has 0 bridgehead atoms. The van der Waals surface area contributed by atoms with E-state index in [1.807, 2.05) is 25.7 Å². The molecule has 0 aromatic carbocycles. The summed E-state index contributed by atoms with van der Waals surface area (Å²) < 4.78 is 5.06. The van der Waals surface area contributed by atoms with Crippen LogP contribution in [0.3, 0.4) is 0 Å². The largest absolute Gasteiger partial charge is 0.465 e. The van der Waals surface area contributed by atoms with Crippen LogP contribution in [0.4, 0.5) is 5.82 Å². The van der Waals surface area contributed by atoms with Gasteiger partial charge >= 0.3 is 5.97 Å². The first-order chi connectivity index (χ1) is 10.1. The summed E-state index contributed by atoms with van der Waals surface area (Å²) >= 11 is 1.68. The minimum Gasteiger partial charge on any atom is -0.465 e. The molecule has 0 saturated heterocycles. The molecule has 0 saturated carbocycles. The van der Waals surface area contributed by atoms with Gasteiger partial charge in [0.1, 0.15) is 23.5 Å². The fraction of sp³-hybridized carbons (Fsp3) is 0.533. The number of hydrogen-bond acceptors (Lipinski definition) is 6. The number of thiophene rings is 1. The molecule has 0 radical (unpaired) electrons. The zero-order valence-corrected chi connectivity index (χ0v) is 13.7. The van der Waals surface area contributed by atoms with E-state index >= 15 is 0 Å². The van der Waals surface area contributed by atoms with Gasteiger partial charge in [-0.1, -0.05) is 6.92 Å². The van der Waals surface area contributed by atoms with Crippen molar-refractivity contribution >= 4 is 33.3 Å². The fourth-order valence-corrected chi connectivity index (χ4v) is 3.07. The second-order valence-electron chi connectivity index (χ2n) is 5.01. The highest BCUT2D eigenvalue weighted by atomic mass is 32.1. The number of aromatic nitrogens is 2. The first kappa shape index (κ1) is 15.7. The van der Waals surface area contributed by atoms with Gasteiger partial charge in [0.25, 0.3) is 0 Å². The molecule has 2 aromatic heterocycles. The van der Waals surface area contributed by atoms with Crippen molar-refractivity contribution in [2.24, 2.45) is 0 Å². The molecule has 0 aliphatic heterocycles. The standard InChI is InChI=1S/C15H21N3O2S/c1-5-11-7-12-14(16-9-17-15(12)21-11)18(10(3)4)8-13(19)20-6-2/h7,9-10H,5-6,8H2,1-4H3. The zero-order valence-electron chi connectivity index (χ0n) is 12.9. The predicted octanol–water partition coefficient (Wildman–Crippen LogP) is 3.03. The van der Waals surface area contributed by atoms with Crippen LogP contribution >= 0.6 is 11.3 Å². The Morgan fingerprint density at radius 3 is 2.76 bits per heavy atom. The predicted molar refractivity (Wildman–Crippen MR) is 85.9 cm³/mol. The van der Waals surface area contributed by atoms with Crippen LogP contribution in [-0.2, 0) is 16.0 Å². The number of esters is 1.